The molecule has 1 aliphatic rings. The minimum Gasteiger partial charge on any atom is -0.460 e. The summed E-state index contributed by atoms with van der Waals surface area (Å²) >= 11 is 0. The molecule has 1 atom stereocenters. The molecule has 0 unspecified atom stereocenters. The van der Waals surface area contributed by atoms with Crippen LogP contribution in [-0.4, -0.2) is 29.4 Å². The smallest absolute Gasteiger partial charge is 0.323 e. The zero-order valence-corrected chi connectivity index (χ0v) is 13.2. The summed E-state index contributed by atoms with van der Waals surface area (Å²) in [5.41, 5.74) is 1.74. The second-order valence-electron chi connectivity index (χ2n) is 6.06. The van der Waals surface area contributed by atoms with Gasteiger partial charge in [-0.05, 0) is 11.1 Å². The summed E-state index contributed by atoms with van der Waals surface area (Å²) in [5, 5.41) is 0. The maximum Gasteiger partial charge on any atom is 0.323 e. The predicted octanol–water partition coefficient (Wildman–Crippen LogP) is 3.64. The molecule has 1 heterocycles. The molecule has 3 rings (SSSR count). The van der Waals surface area contributed by atoms with Crippen LogP contribution in [0.1, 0.15) is 17.5 Å². The predicted molar refractivity (Wildman–Crippen MR) is 86.4 cm³/mol. The molecule has 1 aliphatic heterocycles. The van der Waals surface area contributed by atoms with E-state index in [0.29, 0.717) is 6.54 Å². The lowest BCUT2D eigenvalue weighted by molar-refractivity contribution is -0.150. The molecular weight excluding hydrogens is 312 g/mol. The summed E-state index contributed by atoms with van der Waals surface area (Å²) in [6, 6.07) is 17.6. The number of alkyl halides is 2. The lowest BCUT2D eigenvalue weighted by Gasteiger charge is -2.22. The number of nitrogens with zero attached hydrogens (tertiary/aromatic N) is 1. The molecule has 1 fully saturated rings. The number of hydrogen-bond donors (Lipinski definition) is 0. The highest BCUT2D eigenvalue weighted by atomic mass is 19.3. The first-order valence-electron chi connectivity index (χ1n) is 7.90. The van der Waals surface area contributed by atoms with Crippen molar-refractivity contribution in [3.8, 4) is 0 Å². The van der Waals surface area contributed by atoms with E-state index < -0.39 is 30.9 Å². The molecule has 5 heteroatoms. The van der Waals surface area contributed by atoms with Crippen molar-refractivity contribution in [1.82, 2.24) is 4.90 Å². The average Bonchev–Trinajstić information content (AvgIpc) is 2.89. The summed E-state index contributed by atoms with van der Waals surface area (Å²) in [5.74, 6) is -3.46. The van der Waals surface area contributed by atoms with Gasteiger partial charge in [0.25, 0.3) is 5.92 Å². The van der Waals surface area contributed by atoms with Crippen molar-refractivity contribution in [3.05, 3.63) is 71.8 Å². The second-order valence-corrected chi connectivity index (χ2v) is 6.06. The third kappa shape index (κ3) is 4.17. The van der Waals surface area contributed by atoms with E-state index >= 15 is 0 Å². The van der Waals surface area contributed by atoms with Crippen LogP contribution in [0.5, 0.6) is 0 Å². The van der Waals surface area contributed by atoms with Crippen molar-refractivity contribution in [2.45, 2.75) is 31.5 Å². The molecular formula is C19H19F2NO2. The number of hydrogen-bond acceptors (Lipinski definition) is 3. The first-order valence-corrected chi connectivity index (χ1v) is 7.90. The molecule has 0 aromatic heterocycles. The molecule has 0 N–H and O–H groups in total. The fourth-order valence-corrected chi connectivity index (χ4v) is 2.93. The van der Waals surface area contributed by atoms with E-state index in [0.717, 1.165) is 11.1 Å². The van der Waals surface area contributed by atoms with Crippen LogP contribution >= 0.6 is 0 Å². The maximum absolute atomic E-state index is 13.8. The van der Waals surface area contributed by atoms with Gasteiger partial charge in [-0.2, -0.15) is 0 Å². The van der Waals surface area contributed by atoms with Gasteiger partial charge in [0, 0.05) is 13.0 Å². The van der Waals surface area contributed by atoms with E-state index in [1.807, 2.05) is 60.7 Å². The van der Waals surface area contributed by atoms with Crippen LogP contribution in [0.15, 0.2) is 60.7 Å². The SMILES string of the molecule is O=C(OCc1ccccc1)[C@H]1CC(F)(F)CN1Cc1ccccc1. The Morgan fingerprint density at radius 3 is 2.25 bits per heavy atom. The van der Waals surface area contributed by atoms with Gasteiger partial charge in [0.1, 0.15) is 12.6 Å². The van der Waals surface area contributed by atoms with Crippen molar-refractivity contribution in [2.24, 2.45) is 0 Å². The standard InChI is InChI=1S/C19H19F2NO2/c20-19(21)11-17(18(23)24-13-16-9-5-2-6-10-16)22(14-19)12-15-7-3-1-4-8-15/h1-10,17H,11-14H2/t17-/m1/s1. The Kier molecular flexibility index (Phi) is 4.90. The number of ether oxygens (including phenoxy) is 1. The average molecular weight is 331 g/mol. The van der Waals surface area contributed by atoms with Gasteiger partial charge < -0.3 is 4.74 Å². The van der Waals surface area contributed by atoms with Crippen LogP contribution in [0.25, 0.3) is 0 Å². The van der Waals surface area contributed by atoms with Crippen molar-refractivity contribution in [1.29, 1.82) is 0 Å². The number of benzene rings is 2. The molecule has 126 valence electrons. The van der Waals surface area contributed by atoms with Gasteiger partial charge in [-0.25, -0.2) is 8.78 Å². The van der Waals surface area contributed by atoms with Gasteiger partial charge in [-0.15, -0.1) is 0 Å². The highest BCUT2D eigenvalue weighted by Crippen LogP contribution is 2.33. The van der Waals surface area contributed by atoms with Crippen LogP contribution in [0, 0.1) is 0 Å². The molecule has 2 aromatic carbocycles. The van der Waals surface area contributed by atoms with Crippen LogP contribution in [0.3, 0.4) is 0 Å². The number of halogens is 2. The fraction of sp³-hybridized carbons (Fsp3) is 0.316. The van der Waals surface area contributed by atoms with Gasteiger partial charge >= 0.3 is 5.97 Å². The molecule has 24 heavy (non-hydrogen) atoms. The Bertz CT molecular complexity index is 676. The van der Waals surface area contributed by atoms with E-state index in [-0.39, 0.29) is 6.61 Å². The number of carbonyl (C=O) groups excluding carboxylic acids is 1. The Balaban J connectivity index is 1.65. The van der Waals surface area contributed by atoms with E-state index in [1.165, 1.54) is 4.90 Å². The van der Waals surface area contributed by atoms with E-state index in [4.69, 9.17) is 4.74 Å². The largest absolute Gasteiger partial charge is 0.460 e. The van der Waals surface area contributed by atoms with E-state index in [2.05, 4.69) is 0 Å². The molecule has 0 saturated carbocycles. The molecule has 0 spiro atoms. The number of esters is 1. The van der Waals surface area contributed by atoms with Crippen LogP contribution < -0.4 is 0 Å². The monoisotopic (exact) mass is 331 g/mol. The summed E-state index contributed by atoms with van der Waals surface area (Å²) in [6.07, 6.45) is -0.493. The van der Waals surface area contributed by atoms with Crippen molar-refractivity contribution >= 4 is 5.97 Å². The Morgan fingerprint density at radius 2 is 1.62 bits per heavy atom. The number of carbonyl (C=O) groups is 1. The lowest BCUT2D eigenvalue weighted by atomic mass is 10.1. The third-order valence-electron chi connectivity index (χ3n) is 4.09. The first kappa shape index (κ1) is 16.6. The van der Waals surface area contributed by atoms with Crippen LogP contribution in [0.2, 0.25) is 0 Å². The normalized spacial score (nSPS) is 20.0. The summed E-state index contributed by atoms with van der Waals surface area (Å²) in [4.78, 5) is 13.8. The Hall–Kier alpha value is -2.27. The fourth-order valence-electron chi connectivity index (χ4n) is 2.93. The van der Waals surface area contributed by atoms with Gasteiger partial charge in [0.15, 0.2) is 0 Å². The first-order chi connectivity index (χ1) is 11.5. The summed E-state index contributed by atoms with van der Waals surface area (Å²) in [6.45, 7) is -0.0184. The van der Waals surface area contributed by atoms with Gasteiger partial charge in [-0.1, -0.05) is 60.7 Å². The maximum atomic E-state index is 13.8. The van der Waals surface area contributed by atoms with Gasteiger partial charge in [0.2, 0.25) is 0 Å². The van der Waals surface area contributed by atoms with Crippen LogP contribution in [0.4, 0.5) is 8.78 Å². The van der Waals surface area contributed by atoms with Gasteiger partial charge in [0.05, 0.1) is 6.54 Å². The van der Waals surface area contributed by atoms with Crippen molar-refractivity contribution in [3.63, 3.8) is 0 Å². The Labute approximate surface area is 139 Å². The molecule has 0 amide bonds. The zero-order valence-electron chi connectivity index (χ0n) is 13.2. The topological polar surface area (TPSA) is 29.5 Å². The van der Waals surface area contributed by atoms with E-state index in [9.17, 15) is 13.6 Å². The zero-order chi connectivity index (χ0) is 17.0. The second kappa shape index (κ2) is 7.09. The minimum atomic E-state index is -2.87. The highest BCUT2D eigenvalue weighted by Gasteiger charge is 2.48. The molecule has 0 bridgehead atoms. The number of likely N-dealkylation sites (tertiary alicyclic amines) is 1. The van der Waals surface area contributed by atoms with E-state index in [1.54, 1.807) is 0 Å². The van der Waals surface area contributed by atoms with Gasteiger partial charge in [-0.3, -0.25) is 9.69 Å². The molecule has 0 radical (unpaired) electrons. The third-order valence-corrected chi connectivity index (χ3v) is 4.09. The van der Waals surface area contributed by atoms with Crippen LogP contribution in [-0.2, 0) is 22.7 Å². The quantitative estimate of drug-likeness (QED) is 0.784. The van der Waals surface area contributed by atoms with Crippen molar-refractivity contribution in [2.75, 3.05) is 6.54 Å². The molecule has 3 nitrogen and oxygen atoms in total. The molecule has 1 saturated heterocycles. The lowest BCUT2D eigenvalue weighted by Crippen LogP contribution is -2.36. The summed E-state index contributed by atoms with van der Waals surface area (Å²) in [7, 11) is 0. The summed E-state index contributed by atoms with van der Waals surface area (Å²) < 4.78 is 32.9. The highest BCUT2D eigenvalue weighted by molar-refractivity contribution is 5.76. The molecule has 0 aliphatic carbocycles. The number of rotatable bonds is 5. The molecule has 2 aromatic rings. The Morgan fingerprint density at radius 1 is 1.04 bits per heavy atom. The minimum absolute atomic E-state index is 0.0981. The van der Waals surface area contributed by atoms with Crippen molar-refractivity contribution < 1.29 is 18.3 Å².